The summed E-state index contributed by atoms with van der Waals surface area (Å²) >= 11 is 0. The number of aliphatic hydroxyl groups excluding tert-OH is 6. The summed E-state index contributed by atoms with van der Waals surface area (Å²) in [5, 5.41) is 67.2. The van der Waals surface area contributed by atoms with Crippen LogP contribution >= 0.6 is 0 Å². The molecule has 0 aromatic heterocycles. The lowest BCUT2D eigenvalue weighted by Gasteiger charge is -2.48. The van der Waals surface area contributed by atoms with E-state index in [1.165, 1.54) is 122 Å². The van der Waals surface area contributed by atoms with Gasteiger partial charge in [0, 0.05) is 0 Å². The van der Waals surface area contributed by atoms with Crippen molar-refractivity contribution in [2.75, 3.05) is 26.4 Å². The average molecular weight is 834 g/mol. The van der Waals surface area contributed by atoms with Crippen LogP contribution in [-0.4, -0.2) is 112 Å². The molecular formula is C49H87NO9. The first kappa shape index (κ1) is 47.8. The molecular weight excluding hydrogens is 747 g/mol. The zero-order valence-corrected chi connectivity index (χ0v) is 36.9. The number of hydrogen-bond acceptors (Lipinski definition) is 10. The van der Waals surface area contributed by atoms with Gasteiger partial charge in [-0.2, -0.15) is 0 Å². The van der Waals surface area contributed by atoms with E-state index in [4.69, 9.17) is 14.2 Å². The standard InChI is InChI=1S/C49H87NO9/c1-2-3-4-5-6-7-8-9-10-14-17-20-26-40(52)44(53)39(31-58-48-47(56)46(55)45(54)41(30-51)59-48)50-49(32-57-33-49)29-21-18-15-12-11-13-16-19-23-35-34-24-22-25-36-38-28-27-37(34)43(38)42(35)36/h22,25,34-48,50-56H,2-21,23-24,26-33H2,1H3/t34?,35?,36?,37?,38?,39-,40+,41?,42?,43?,44-,45?,46?,47?,48?/m0/s1. The molecule has 2 bridgehead atoms. The van der Waals surface area contributed by atoms with Gasteiger partial charge in [-0.15, -0.1) is 0 Å². The molecule has 10 heteroatoms. The molecule has 2 saturated heterocycles. The van der Waals surface area contributed by atoms with Crippen molar-refractivity contribution < 1.29 is 44.8 Å². The van der Waals surface area contributed by atoms with Crippen molar-refractivity contribution >= 4 is 0 Å². The summed E-state index contributed by atoms with van der Waals surface area (Å²) in [6.07, 6.45) is 28.1. The van der Waals surface area contributed by atoms with E-state index in [9.17, 15) is 30.6 Å². The molecule has 0 aromatic carbocycles. The second kappa shape index (κ2) is 24.4. The highest BCUT2D eigenvalue weighted by molar-refractivity contribution is 5.21. The predicted molar refractivity (Wildman–Crippen MR) is 231 cm³/mol. The van der Waals surface area contributed by atoms with Crippen molar-refractivity contribution in [3.63, 3.8) is 0 Å². The molecule has 0 spiro atoms. The van der Waals surface area contributed by atoms with Gasteiger partial charge in [-0.25, -0.2) is 0 Å². The quantitative estimate of drug-likeness (QED) is 0.0270. The molecule has 4 aliphatic carbocycles. The van der Waals surface area contributed by atoms with E-state index in [2.05, 4.69) is 24.4 Å². The van der Waals surface area contributed by atoms with E-state index in [0.29, 0.717) is 19.6 Å². The molecule has 5 fully saturated rings. The molecule has 6 rings (SSSR count). The Morgan fingerprint density at radius 3 is 1.95 bits per heavy atom. The molecule has 3 saturated carbocycles. The molecule has 59 heavy (non-hydrogen) atoms. The first-order valence-electron chi connectivity index (χ1n) is 25.1. The maximum absolute atomic E-state index is 11.5. The van der Waals surface area contributed by atoms with Crippen LogP contribution in [0, 0.1) is 41.4 Å². The largest absolute Gasteiger partial charge is 0.394 e. The molecule has 0 amide bonds. The Balaban J connectivity index is 0.880. The van der Waals surface area contributed by atoms with Gasteiger partial charge in [-0.1, -0.05) is 147 Å². The minimum absolute atomic E-state index is 0.109. The number of allylic oxidation sites excluding steroid dienone is 2. The summed E-state index contributed by atoms with van der Waals surface area (Å²) < 4.78 is 17.3. The van der Waals surface area contributed by atoms with Gasteiger partial charge in [-0.3, -0.25) is 5.32 Å². The first-order chi connectivity index (χ1) is 28.8. The lowest BCUT2D eigenvalue weighted by molar-refractivity contribution is -0.303. The fourth-order valence-corrected chi connectivity index (χ4v) is 12.8. The van der Waals surface area contributed by atoms with Gasteiger partial charge in [0.2, 0.25) is 0 Å². The van der Waals surface area contributed by atoms with Crippen LogP contribution in [0.4, 0.5) is 0 Å². The monoisotopic (exact) mass is 834 g/mol. The summed E-state index contributed by atoms with van der Waals surface area (Å²) in [7, 11) is 0. The van der Waals surface area contributed by atoms with Crippen molar-refractivity contribution in [2.24, 2.45) is 41.4 Å². The fourth-order valence-electron chi connectivity index (χ4n) is 12.8. The third-order valence-electron chi connectivity index (χ3n) is 16.2. The number of hydrogen-bond donors (Lipinski definition) is 7. The molecule has 2 heterocycles. The Morgan fingerprint density at radius 1 is 0.712 bits per heavy atom. The van der Waals surface area contributed by atoms with Crippen molar-refractivity contribution in [3.05, 3.63) is 12.2 Å². The summed E-state index contributed by atoms with van der Waals surface area (Å²) in [5.74, 6) is 7.11. The Hall–Kier alpha value is -0.660. The molecule has 342 valence electrons. The van der Waals surface area contributed by atoms with E-state index >= 15 is 0 Å². The highest BCUT2D eigenvalue weighted by atomic mass is 16.7. The van der Waals surface area contributed by atoms with Gasteiger partial charge in [0.25, 0.3) is 0 Å². The summed E-state index contributed by atoms with van der Waals surface area (Å²) in [4.78, 5) is 0. The molecule has 6 aliphatic rings. The number of unbranched alkanes of at least 4 members (excludes halogenated alkanes) is 18. The van der Waals surface area contributed by atoms with Gasteiger partial charge < -0.3 is 44.8 Å². The lowest BCUT2D eigenvalue weighted by Crippen LogP contribution is -2.67. The van der Waals surface area contributed by atoms with Crippen molar-refractivity contribution in [1.82, 2.24) is 5.32 Å². The fraction of sp³-hybridized carbons (Fsp3) is 0.959. The summed E-state index contributed by atoms with van der Waals surface area (Å²) in [6.45, 7) is 2.61. The summed E-state index contributed by atoms with van der Waals surface area (Å²) in [6, 6.07) is -0.691. The zero-order chi connectivity index (χ0) is 41.6. The number of nitrogens with one attached hydrogen (secondary N) is 1. The first-order valence-corrected chi connectivity index (χ1v) is 25.1. The summed E-state index contributed by atoms with van der Waals surface area (Å²) in [5.41, 5.74) is -0.354. The van der Waals surface area contributed by atoms with Gasteiger partial charge in [0.05, 0.1) is 50.2 Å². The molecule has 15 atom stereocenters. The normalized spacial score (nSPS) is 35.6. The third kappa shape index (κ3) is 12.5. The molecule has 7 N–H and O–H groups in total. The van der Waals surface area contributed by atoms with Crippen LogP contribution in [0.3, 0.4) is 0 Å². The Kier molecular flexibility index (Phi) is 19.8. The molecule has 2 aliphatic heterocycles. The van der Waals surface area contributed by atoms with E-state index in [1.807, 2.05) is 0 Å². The predicted octanol–water partition coefficient (Wildman–Crippen LogP) is 7.34. The zero-order valence-electron chi connectivity index (χ0n) is 36.9. The number of aliphatic hydroxyl groups is 6. The van der Waals surface area contributed by atoms with Crippen molar-refractivity contribution in [2.45, 2.75) is 228 Å². The van der Waals surface area contributed by atoms with Crippen LogP contribution in [0.15, 0.2) is 12.2 Å². The Labute approximate surface area is 357 Å². The van der Waals surface area contributed by atoms with E-state index < -0.39 is 55.6 Å². The third-order valence-corrected chi connectivity index (χ3v) is 16.2. The van der Waals surface area contributed by atoms with E-state index in [1.54, 1.807) is 0 Å². The minimum atomic E-state index is -1.55. The number of fused-ring (bicyclic) bond motifs is 3. The SMILES string of the molecule is CCCCCCCCCCCCCC[C@@H](O)[C@@H](O)[C@H](COC1OC(CO)C(O)C(O)C1O)NC1(CCCCCCCCCCC2C3CC=CC4C5CCC3C5C42)COC1. The van der Waals surface area contributed by atoms with Gasteiger partial charge >= 0.3 is 0 Å². The van der Waals surface area contributed by atoms with Crippen LogP contribution in [0.25, 0.3) is 0 Å². The number of ether oxygens (including phenoxy) is 3. The lowest BCUT2D eigenvalue weighted by atomic mass is 9.56. The molecule has 12 unspecified atom stereocenters. The molecule has 0 radical (unpaired) electrons. The highest BCUT2D eigenvalue weighted by Crippen LogP contribution is 2.71. The van der Waals surface area contributed by atoms with Gasteiger partial charge in [0.1, 0.15) is 24.4 Å². The topological polar surface area (TPSA) is 161 Å². The minimum Gasteiger partial charge on any atom is -0.394 e. The molecule has 0 aromatic rings. The van der Waals surface area contributed by atoms with E-state index in [0.717, 1.165) is 80.0 Å². The molecule has 10 nitrogen and oxygen atoms in total. The average Bonchev–Trinajstić information content (AvgIpc) is 3.67. The van der Waals surface area contributed by atoms with Crippen LogP contribution in [0.1, 0.15) is 174 Å². The van der Waals surface area contributed by atoms with Gasteiger partial charge in [-0.05, 0) is 80.0 Å². The van der Waals surface area contributed by atoms with Crippen molar-refractivity contribution in [1.29, 1.82) is 0 Å². The van der Waals surface area contributed by atoms with Gasteiger partial charge in [0.15, 0.2) is 6.29 Å². The van der Waals surface area contributed by atoms with Crippen LogP contribution < -0.4 is 5.32 Å². The Morgan fingerprint density at radius 2 is 1.32 bits per heavy atom. The Bertz CT molecular complexity index is 1190. The maximum Gasteiger partial charge on any atom is 0.186 e. The second-order valence-electron chi connectivity index (χ2n) is 20.3. The maximum atomic E-state index is 11.5. The smallest absolute Gasteiger partial charge is 0.186 e. The second-order valence-corrected chi connectivity index (χ2v) is 20.3. The number of rotatable bonds is 32. The van der Waals surface area contributed by atoms with E-state index in [-0.39, 0.29) is 12.1 Å². The highest BCUT2D eigenvalue weighted by Gasteiger charge is 2.65. The van der Waals surface area contributed by atoms with Crippen molar-refractivity contribution in [3.8, 4) is 0 Å². The van der Waals surface area contributed by atoms with Crippen LogP contribution in [-0.2, 0) is 14.2 Å². The van der Waals surface area contributed by atoms with Crippen LogP contribution in [0.5, 0.6) is 0 Å². The van der Waals surface area contributed by atoms with Crippen LogP contribution in [0.2, 0.25) is 0 Å².